The number of rotatable bonds is 6. The van der Waals surface area contributed by atoms with Gasteiger partial charge in [0.25, 0.3) is 0 Å². The lowest BCUT2D eigenvalue weighted by molar-refractivity contribution is 0.280. The van der Waals surface area contributed by atoms with Crippen molar-refractivity contribution in [2.45, 2.75) is 33.4 Å². The minimum Gasteiger partial charge on any atom is -0.325 e. The van der Waals surface area contributed by atoms with Crippen LogP contribution in [0.1, 0.15) is 31.5 Å². The van der Waals surface area contributed by atoms with E-state index < -0.39 is 0 Å². The number of nitrogens with two attached hydrogens (primary N) is 1. The van der Waals surface area contributed by atoms with Crippen LogP contribution in [-0.2, 0) is 13.1 Å². The van der Waals surface area contributed by atoms with Crippen LogP contribution in [0.15, 0.2) is 18.3 Å². The summed E-state index contributed by atoms with van der Waals surface area (Å²) in [5.74, 6) is 0. The van der Waals surface area contributed by atoms with Crippen LogP contribution in [0, 0.1) is 0 Å². The molecule has 0 atom stereocenters. The van der Waals surface area contributed by atoms with Crippen LogP contribution in [0.3, 0.4) is 0 Å². The monoisotopic (exact) mass is 207 g/mol. The van der Waals surface area contributed by atoms with E-state index in [9.17, 15) is 0 Å². The standard InChI is InChI=1S/C12H21N3/c1-3-7-15(4-2)10-11-5-6-14-12(8-11)9-13/h5-6,8H,3-4,7,9-10,13H2,1-2H3. The number of pyridine rings is 1. The van der Waals surface area contributed by atoms with E-state index in [1.54, 1.807) is 0 Å². The fourth-order valence-electron chi connectivity index (χ4n) is 1.66. The highest BCUT2D eigenvalue weighted by Crippen LogP contribution is 2.06. The van der Waals surface area contributed by atoms with Crippen molar-refractivity contribution in [2.24, 2.45) is 5.73 Å². The van der Waals surface area contributed by atoms with Gasteiger partial charge in [-0.1, -0.05) is 13.8 Å². The molecule has 0 bridgehead atoms. The largest absolute Gasteiger partial charge is 0.325 e. The van der Waals surface area contributed by atoms with Gasteiger partial charge in [0.2, 0.25) is 0 Å². The quantitative estimate of drug-likeness (QED) is 0.773. The van der Waals surface area contributed by atoms with E-state index in [4.69, 9.17) is 5.73 Å². The molecule has 0 amide bonds. The molecule has 0 spiro atoms. The van der Waals surface area contributed by atoms with Crippen LogP contribution >= 0.6 is 0 Å². The summed E-state index contributed by atoms with van der Waals surface area (Å²) in [6, 6.07) is 4.16. The first-order valence-corrected chi connectivity index (χ1v) is 5.66. The lowest BCUT2D eigenvalue weighted by atomic mass is 10.2. The Bertz CT molecular complexity index is 286. The van der Waals surface area contributed by atoms with Gasteiger partial charge in [0.05, 0.1) is 5.69 Å². The molecule has 15 heavy (non-hydrogen) atoms. The fourth-order valence-corrected chi connectivity index (χ4v) is 1.66. The molecule has 84 valence electrons. The number of aromatic nitrogens is 1. The predicted octanol–water partition coefficient (Wildman–Crippen LogP) is 1.77. The van der Waals surface area contributed by atoms with Crippen LogP contribution in [0.25, 0.3) is 0 Å². The molecule has 0 aromatic carbocycles. The molecule has 0 aliphatic rings. The SMILES string of the molecule is CCCN(CC)Cc1ccnc(CN)c1. The first-order valence-electron chi connectivity index (χ1n) is 5.66. The Kier molecular flexibility index (Phi) is 5.29. The summed E-state index contributed by atoms with van der Waals surface area (Å²) in [6.07, 6.45) is 3.04. The Morgan fingerprint density at radius 2 is 2.20 bits per heavy atom. The van der Waals surface area contributed by atoms with Gasteiger partial charge in [0.15, 0.2) is 0 Å². The number of nitrogens with zero attached hydrogens (tertiary/aromatic N) is 2. The van der Waals surface area contributed by atoms with Crippen LogP contribution in [-0.4, -0.2) is 23.0 Å². The van der Waals surface area contributed by atoms with E-state index in [-0.39, 0.29) is 0 Å². The average Bonchev–Trinajstić information content (AvgIpc) is 2.29. The summed E-state index contributed by atoms with van der Waals surface area (Å²) in [5.41, 5.74) is 7.84. The van der Waals surface area contributed by atoms with Crippen molar-refractivity contribution in [3.63, 3.8) is 0 Å². The Labute approximate surface area is 92.3 Å². The third-order valence-corrected chi connectivity index (χ3v) is 2.48. The van der Waals surface area contributed by atoms with Gasteiger partial charge in [-0.05, 0) is 37.2 Å². The maximum Gasteiger partial charge on any atom is 0.0542 e. The van der Waals surface area contributed by atoms with Crippen LogP contribution < -0.4 is 5.73 Å². The third-order valence-electron chi connectivity index (χ3n) is 2.48. The van der Waals surface area contributed by atoms with Gasteiger partial charge in [-0.15, -0.1) is 0 Å². The molecule has 0 unspecified atom stereocenters. The van der Waals surface area contributed by atoms with Crippen LogP contribution in [0.4, 0.5) is 0 Å². The summed E-state index contributed by atoms with van der Waals surface area (Å²) in [6.45, 7) is 8.17. The minimum absolute atomic E-state index is 0.522. The van der Waals surface area contributed by atoms with E-state index in [0.717, 1.165) is 25.3 Å². The molecule has 1 aromatic rings. The van der Waals surface area contributed by atoms with Crippen molar-refractivity contribution in [3.05, 3.63) is 29.6 Å². The highest BCUT2D eigenvalue weighted by Gasteiger charge is 2.02. The summed E-state index contributed by atoms with van der Waals surface area (Å²) in [4.78, 5) is 6.62. The van der Waals surface area contributed by atoms with E-state index in [0.29, 0.717) is 6.54 Å². The molecular formula is C12H21N3. The van der Waals surface area contributed by atoms with Gasteiger partial charge in [-0.2, -0.15) is 0 Å². The Balaban J connectivity index is 2.61. The zero-order valence-electron chi connectivity index (χ0n) is 9.74. The zero-order valence-corrected chi connectivity index (χ0v) is 9.74. The van der Waals surface area contributed by atoms with E-state index in [1.165, 1.54) is 12.0 Å². The second-order valence-corrected chi connectivity index (χ2v) is 3.73. The zero-order chi connectivity index (χ0) is 11.1. The van der Waals surface area contributed by atoms with Gasteiger partial charge < -0.3 is 5.73 Å². The predicted molar refractivity (Wildman–Crippen MR) is 63.4 cm³/mol. The van der Waals surface area contributed by atoms with Crippen LogP contribution in [0.2, 0.25) is 0 Å². The Morgan fingerprint density at radius 3 is 2.80 bits per heavy atom. The number of hydrogen-bond donors (Lipinski definition) is 1. The van der Waals surface area contributed by atoms with E-state index in [2.05, 4.69) is 35.9 Å². The molecule has 2 N–H and O–H groups in total. The summed E-state index contributed by atoms with van der Waals surface area (Å²) >= 11 is 0. The highest BCUT2D eigenvalue weighted by atomic mass is 15.1. The molecule has 1 heterocycles. The Morgan fingerprint density at radius 1 is 1.40 bits per heavy atom. The molecular weight excluding hydrogens is 186 g/mol. The molecule has 0 fully saturated rings. The van der Waals surface area contributed by atoms with Crippen molar-refractivity contribution >= 4 is 0 Å². The van der Waals surface area contributed by atoms with Crippen molar-refractivity contribution < 1.29 is 0 Å². The second kappa shape index (κ2) is 6.53. The lowest BCUT2D eigenvalue weighted by Gasteiger charge is -2.19. The Hall–Kier alpha value is -0.930. The molecule has 0 radical (unpaired) electrons. The van der Waals surface area contributed by atoms with Gasteiger partial charge in [-0.3, -0.25) is 9.88 Å². The highest BCUT2D eigenvalue weighted by molar-refractivity contribution is 5.16. The van der Waals surface area contributed by atoms with Gasteiger partial charge >= 0.3 is 0 Å². The average molecular weight is 207 g/mol. The normalized spacial score (nSPS) is 10.9. The maximum absolute atomic E-state index is 5.56. The molecule has 0 aliphatic heterocycles. The molecule has 1 aromatic heterocycles. The number of hydrogen-bond acceptors (Lipinski definition) is 3. The van der Waals surface area contributed by atoms with Crippen molar-refractivity contribution in [1.82, 2.24) is 9.88 Å². The molecule has 3 nitrogen and oxygen atoms in total. The minimum atomic E-state index is 0.522. The first-order chi connectivity index (χ1) is 7.30. The summed E-state index contributed by atoms with van der Waals surface area (Å²) < 4.78 is 0. The van der Waals surface area contributed by atoms with E-state index in [1.807, 2.05) is 6.20 Å². The maximum atomic E-state index is 5.56. The van der Waals surface area contributed by atoms with Gasteiger partial charge in [-0.25, -0.2) is 0 Å². The fraction of sp³-hybridized carbons (Fsp3) is 0.583. The topological polar surface area (TPSA) is 42.2 Å². The smallest absolute Gasteiger partial charge is 0.0542 e. The van der Waals surface area contributed by atoms with Gasteiger partial charge in [0.1, 0.15) is 0 Å². The summed E-state index contributed by atoms with van der Waals surface area (Å²) in [5, 5.41) is 0. The van der Waals surface area contributed by atoms with E-state index >= 15 is 0 Å². The molecule has 3 heteroatoms. The molecule has 1 rings (SSSR count). The van der Waals surface area contributed by atoms with Crippen LogP contribution in [0.5, 0.6) is 0 Å². The molecule has 0 aliphatic carbocycles. The molecule has 0 saturated carbocycles. The van der Waals surface area contributed by atoms with Crippen molar-refractivity contribution in [3.8, 4) is 0 Å². The molecule has 0 saturated heterocycles. The van der Waals surface area contributed by atoms with Crippen molar-refractivity contribution in [1.29, 1.82) is 0 Å². The second-order valence-electron chi connectivity index (χ2n) is 3.73. The summed E-state index contributed by atoms with van der Waals surface area (Å²) in [7, 11) is 0. The first kappa shape index (κ1) is 12.1. The van der Waals surface area contributed by atoms with Gasteiger partial charge in [0, 0.05) is 19.3 Å². The third kappa shape index (κ3) is 3.98. The lowest BCUT2D eigenvalue weighted by Crippen LogP contribution is -2.23. The van der Waals surface area contributed by atoms with Crippen molar-refractivity contribution in [2.75, 3.05) is 13.1 Å².